The summed E-state index contributed by atoms with van der Waals surface area (Å²) in [5.74, 6) is -0.806. The van der Waals surface area contributed by atoms with E-state index >= 15 is 0 Å². The molecule has 0 bridgehead atoms. The zero-order valence-corrected chi connectivity index (χ0v) is 12.9. The Hall–Kier alpha value is -2.78. The third-order valence-electron chi connectivity index (χ3n) is 3.92. The second-order valence-corrected chi connectivity index (χ2v) is 5.60. The van der Waals surface area contributed by atoms with Gasteiger partial charge in [0, 0.05) is 13.0 Å². The summed E-state index contributed by atoms with van der Waals surface area (Å²) in [6.45, 7) is -0.0543. The van der Waals surface area contributed by atoms with Gasteiger partial charge in [-0.25, -0.2) is 4.79 Å². The van der Waals surface area contributed by atoms with Gasteiger partial charge in [-0.3, -0.25) is 14.9 Å². The Morgan fingerprint density at radius 2 is 2.00 bits per heavy atom. The van der Waals surface area contributed by atoms with Crippen molar-refractivity contribution in [2.75, 3.05) is 31.1 Å². The van der Waals surface area contributed by atoms with Crippen LogP contribution in [0.1, 0.15) is 12.0 Å². The van der Waals surface area contributed by atoms with Crippen LogP contribution in [0.25, 0.3) is 0 Å². The third-order valence-corrected chi connectivity index (χ3v) is 3.92. The summed E-state index contributed by atoms with van der Waals surface area (Å²) in [5, 5.41) is 2.09. The number of urea groups is 1. The van der Waals surface area contributed by atoms with Gasteiger partial charge in [0.15, 0.2) is 0 Å². The van der Waals surface area contributed by atoms with E-state index in [4.69, 9.17) is 4.74 Å². The first kappa shape index (κ1) is 17.1. The molecule has 1 saturated heterocycles. The normalized spacial score (nSPS) is 17.7. The largest absolute Gasteiger partial charge is 0.490 e. The van der Waals surface area contributed by atoms with E-state index in [9.17, 15) is 27.6 Å². The molecule has 2 aliphatic rings. The van der Waals surface area contributed by atoms with Gasteiger partial charge in [0.25, 0.3) is 0 Å². The van der Waals surface area contributed by atoms with Gasteiger partial charge in [0.1, 0.15) is 18.9 Å². The highest BCUT2D eigenvalue weighted by atomic mass is 19.4. The molecule has 1 aromatic rings. The van der Waals surface area contributed by atoms with Gasteiger partial charge in [-0.15, -0.1) is 0 Å². The number of nitrogens with zero attached hydrogens (tertiary/aromatic N) is 2. The average molecular weight is 357 g/mol. The lowest BCUT2D eigenvalue weighted by Crippen LogP contribution is -2.53. The molecule has 3 rings (SSSR count). The number of anilines is 1. The fourth-order valence-electron chi connectivity index (χ4n) is 2.65. The van der Waals surface area contributed by atoms with Gasteiger partial charge in [0.05, 0.1) is 17.8 Å². The number of halogens is 3. The number of carbonyl (C=O) groups excluding carboxylic acids is 3. The quantitative estimate of drug-likeness (QED) is 0.867. The Morgan fingerprint density at radius 1 is 1.24 bits per heavy atom. The Balaban J connectivity index is 1.81. The van der Waals surface area contributed by atoms with Crippen LogP contribution in [0.4, 0.5) is 23.7 Å². The molecule has 1 N–H and O–H groups in total. The molecule has 0 aliphatic carbocycles. The highest BCUT2D eigenvalue weighted by Crippen LogP contribution is 2.38. The van der Waals surface area contributed by atoms with Crippen molar-refractivity contribution in [2.24, 2.45) is 0 Å². The second-order valence-electron chi connectivity index (χ2n) is 5.60. The summed E-state index contributed by atoms with van der Waals surface area (Å²) in [5.41, 5.74) is -0.879. The molecule has 7 nitrogen and oxygen atoms in total. The molecule has 0 spiro atoms. The Bertz CT molecular complexity index is 735. The van der Waals surface area contributed by atoms with E-state index in [-0.39, 0.29) is 44.1 Å². The first-order valence-corrected chi connectivity index (χ1v) is 7.49. The van der Waals surface area contributed by atoms with Crippen molar-refractivity contribution < 1.29 is 32.3 Å². The minimum Gasteiger partial charge on any atom is -0.490 e. The zero-order chi connectivity index (χ0) is 18.2. The van der Waals surface area contributed by atoms with Crippen LogP contribution in [0.5, 0.6) is 5.75 Å². The lowest BCUT2D eigenvalue weighted by atomic mass is 10.1. The number of fused-ring (bicyclic) bond motifs is 1. The predicted molar refractivity (Wildman–Crippen MR) is 79.0 cm³/mol. The average Bonchev–Trinajstić information content (AvgIpc) is 2.55. The van der Waals surface area contributed by atoms with E-state index in [2.05, 4.69) is 5.32 Å². The summed E-state index contributed by atoms with van der Waals surface area (Å²) in [6.07, 6.45) is -4.48. The molecule has 2 heterocycles. The number of amides is 4. The highest BCUT2D eigenvalue weighted by molar-refractivity contribution is 6.01. The van der Waals surface area contributed by atoms with Crippen molar-refractivity contribution in [2.45, 2.75) is 12.6 Å². The lowest BCUT2D eigenvalue weighted by Gasteiger charge is -2.33. The molecule has 0 unspecified atom stereocenters. The minimum absolute atomic E-state index is 0.0135. The van der Waals surface area contributed by atoms with Crippen molar-refractivity contribution in [1.82, 2.24) is 10.2 Å². The molecular weight excluding hydrogens is 343 g/mol. The maximum absolute atomic E-state index is 12.9. The van der Waals surface area contributed by atoms with Crippen molar-refractivity contribution >= 4 is 23.5 Å². The van der Waals surface area contributed by atoms with Crippen molar-refractivity contribution in [3.63, 3.8) is 0 Å². The monoisotopic (exact) mass is 357 g/mol. The fourth-order valence-corrected chi connectivity index (χ4v) is 2.65. The number of benzene rings is 1. The maximum atomic E-state index is 12.9. The van der Waals surface area contributed by atoms with Gasteiger partial charge in [-0.05, 0) is 18.2 Å². The molecule has 10 heteroatoms. The molecule has 0 radical (unpaired) electrons. The fraction of sp³-hybridized carbons (Fsp3) is 0.400. The summed E-state index contributed by atoms with van der Waals surface area (Å²) < 4.78 is 44.0. The molecule has 0 atom stereocenters. The Labute approximate surface area is 140 Å². The van der Waals surface area contributed by atoms with Gasteiger partial charge in [-0.1, -0.05) is 0 Å². The molecule has 1 fully saturated rings. The first-order valence-electron chi connectivity index (χ1n) is 7.49. The number of nitrogens with one attached hydrogen (secondary N) is 1. The van der Waals surface area contributed by atoms with E-state index in [1.54, 1.807) is 0 Å². The molecule has 0 aromatic heterocycles. The van der Waals surface area contributed by atoms with Crippen LogP contribution >= 0.6 is 0 Å². The van der Waals surface area contributed by atoms with Crippen LogP contribution in [0.15, 0.2) is 18.2 Å². The number of hydrogen-bond donors (Lipinski definition) is 1. The van der Waals surface area contributed by atoms with E-state index in [0.29, 0.717) is 0 Å². The summed E-state index contributed by atoms with van der Waals surface area (Å²) >= 11 is 0. The molecule has 2 aliphatic heterocycles. The summed E-state index contributed by atoms with van der Waals surface area (Å²) in [4.78, 5) is 37.6. The highest BCUT2D eigenvalue weighted by Gasteiger charge is 2.34. The first-order chi connectivity index (χ1) is 11.8. The lowest BCUT2D eigenvalue weighted by molar-refractivity contribution is -0.137. The SMILES string of the molecule is O=C1CCN(CC(=O)N2CCOc3ccc(C(F)(F)F)cc32)C(=O)N1. The van der Waals surface area contributed by atoms with Crippen LogP contribution in [-0.2, 0) is 15.8 Å². The van der Waals surface area contributed by atoms with Gasteiger partial charge < -0.3 is 14.5 Å². The van der Waals surface area contributed by atoms with Gasteiger partial charge in [-0.2, -0.15) is 13.2 Å². The van der Waals surface area contributed by atoms with Crippen molar-refractivity contribution in [3.8, 4) is 5.75 Å². The predicted octanol–water partition coefficient (Wildman–Crippen LogP) is 1.37. The number of hydrogen-bond acceptors (Lipinski definition) is 4. The van der Waals surface area contributed by atoms with E-state index < -0.39 is 29.6 Å². The molecule has 1 aromatic carbocycles. The Morgan fingerprint density at radius 3 is 2.68 bits per heavy atom. The maximum Gasteiger partial charge on any atom is 0.416 e. The van der Waals surface area contributed by atoms with Crippen molar-refractivity contribution in [3.05, 3.63) is 23.8 Å². The van der Waals surface area contributed by atoms with Gasteiger partial charge >= 0.3 is 12.2 Å². The van der Waals surface area contributed by atoms with Crippen LogP contribution in [-0.4, -0.2) is 49.0 Å². The molecular formula is C15H14F3N3O4. The summed E-state index contributed by atoms with van der Waals surface area (Å²) in [7, 11) is 0. The smallest absolute Gasteiger partial charge is 0.416 e. The van der Waals surface area contributed by atoms with Crippen LogP contribution in [0, 0.1) is 0 Å². The zero-order valence-electron chi connectivity index (χ0n) is 12.9. The van der Waals surface area contributed by atoms with E-state index in [1.165, 1.54) is 6.07 Å². The number of alkyl halides is 3. The Kier molecular flexibility index (Phi) is 4.27. The van der Waals surface area contributed by atoms with E-state index in [1.807, 2.05) is 0 Å². The van der Waals surface area contributed by atoms with E-state index in [0.717, 1.165) is 21.9 Å². The van der Waals surface area contributed by atoms with Gasteiger partial charge in [0.2, 0.25) is 11.8 Å². The van der Waals surface area contributed by atoms with Crippen molar-refractivity contribution in [1.29, 1.82) is 0 Å². The minimum atomic E-state index is -4.55. The molecule has 0 saturated carbocycles. The van der Waals surface area contributed by atoms with Crippen LogP contribution in [0.3, 0.4) is 0 Å². The number of carbonyl (C=O) groups is 3. The van der Waals surface area contributed by atoms with Crippen LogP contribution < -0.4 is 15.0 Å². The third kappa shape index (κ3) is 3.52. The number of ether oxygens (including phenoxy) is 1. The molecule has 25 heavy (non-hydrogen) atoms. The second kappa shape index (κ2) is 6.26. The molecule has 4 amide bonds. The standard InChI is InChI=1S/C15H14F3N3O4/c16-15(17,18)9-1-2-11-10(7-9)21(5-6-25-11)13(23)8-20-4-3-12(22)19-14(20)24/h1-2,7H,3-6,8H2,(H,19,22,24). The molecule has 134 valence electrons. The number of rotatable bonds is 2. The summed E-state index contributed by atoms with van der Waals surface area (Å²) in [6, 6.07) is 2.22. The van der Waals surface area contributed by atoms with Crippen LogP contribution in [0.2, 0.25) is 0 Å². The number of imide groups is 1. The topological polar surface area (TPSA) is 79.0 Å².